The van der Waals surface area contributed by atoms with Crippen LogP contribution in [0.4, 0.5) is 5.82 Å². The van der Waals surface area contributed by atoms with E-state index in [0.29, 0.717) is 11.4 Å². The van der Waals surface area contributed by atoms with E-state index in [9.17, 15) is 13.0 Å². The van der Waals surface area contributed by atoms with Crippen molar-refractivity contribution in [2.45, 2.75) is 6.54 Å². The van der Waals surface area contributed by atoms with Crippen molar-refractivity contribution < 1.29 is 17.7 Å². The van der Waals surface area contributed by atoms with E-state index in [1.807, 2.05) is 19.0 Å². The van der Waals surface area contributed by atoms with Crippen LogP contribution >= 0.6 is 0 Å². The molecule has 0 N–H and O–H groups in total. The van der Waals surface area contributed by atoms with E-state index in [0.717, 1.165) is 5.82 Å². The Morgan fingerprint density at radius 1 is 1.33 bits per heavy atom. The van der Waals surface area contributed by atoms with Gasteiger partial charge in [-0.1, -0.05) is 4.68 Å². The van der Waals surface area contributed by atoms with E-state index in [1.165, 1.54) is 10.9 Å². The Bertz CT molecular complexity index is 716. The predicted molar refractivity (Wildman–Crippen MR) is 74.3 cm³/mol. The smallest absolute Gasteiger partial charge is 0.197 e. The average molecular weight is 309 g/mol. The van der Waals surface area contributed by atoms with Crippen molar-refractivity contribution in [2.24, 2.45) is 0 Å². The monoisotopic (exact) mass is 309 g/mol. The summed E-state index contributed by atoms with van der Waals surface area (Å²) in [5, 5.41) is 4.05. The third-order valence-electron chi connectivity index (χ3n) is 2.70. The van der Waals surface area contributed by atoms with Gasteiger partial charge in [0, 0.05) is 31.9 Å². The lowest BCUT2D eigenvalue weighted by Gasteiger charge is -2.11. The van der Waals surface area contributed by atoms with Gasteiger partial charge >= 0.3 is 0 Å². The number of aromatic nitrogens is 4. The molecule has 0 bridgehead atoms. The molecule has 0 aliphatic rings. The number of nitrogens with zero attached hydrogens (tertiary/aromatic N) is 5. The molecule has 0 saturated carbocycles. The zero-order valence-electron chi connectivity index (χ0n) is 11.7. The molecule has 2 aromatic heterocycles. The summed E-state index contributed by atoms with van der Waals surface area (Å²) in [4.78, 5) is 10.4. The number of rotatable bonds is 5. The van der Waals surface area contributed by atoms with Crippen molar-refractivity contribution in [2.75, 3.05) is 24.7 Å². The van der Waals surface area contributed by atoms with Crippen LogP contribution in [0.2, 0.25) is 0 Å². The largest absolute Gasteiger partial charge is 0.748 e. The minimum atomic E-state index is -4.24. The van der Waals surface area contributed by atoms with Gasteiger partial charge in [0.1, 0.15) is 22.1 Å². The van der Waals surface area contributed by atoms with Crippen molar-refractivity contribution in [1.29, 1.82) is 0 Å². The first-order chi connectivity index (χ1) is 9.85. The summed E-state index contributed by atoms with van der Waals surface area (Å²) in [5.41, 5.74) is 0.708. The molecule has 0 fully saturated rings. The van der Waals surface area contributed by atoms with Gasteiger partial charge < -0.3 is 9.45 Å². The maximum atomic E-state index is 10.6. The Kier molecular flexibility index (Phi) is 4.43. The van der Waals surface area contributed by atoms with Gasteiger partial charge in [0.25, 0.3) is 0 Å². The molecule has 0 amide bonds. The number of aryl methyl sites for hydroxylation is 1. The molecule has 0 atom stereocenters. The molecule has 2 aromatic rings. The molecule has 112 valence electrons. The second-order valence-electron chi connectivity index (χ2n) is 4.57. The summed E-state index contributed by atoms with van der Waals surface area (Å²) in [5.74, 6) is 0.808. The van der Waals surface area contributed by atoms with E-state index >= 15 is 0 Å². The van der Waals surface area contributed by atoms with Crippen LogP contribution < -0.4 is 9.58 Å². The topological polar surface area (TPSA) is 103 Å². The van der Waals surface area contributed by atoms with Crippen molar-refractivity contribution in [1.82, 2.24) is 15.1 Å². The molecule has 0 radical (unpaired) electrons. The molecule has 8 nitrogen and oxygen atoms in total. The lowest BCUT2D eigenvalue weighted by molar-refractivity contribution is -0.750. The Hall–Kier alpha value is -2.13. The third-order valence-corrected chi connectivity index (χ3v) is 3.38. The van der Waals surface area contributed by atoms with Crippen molar-refractivity contribution >= 4 is 15.9 Å². The Labute approximate surface area is 122 Å². The minimum absolute atomic E-state index is 0.0186. The van der Waals surface area contributed by atoms with Crippen LogP contribution in [-0.2, 0) is 16.7 Å². The SMILES string of the molecule is CN(C)c1ccnc(-c2cc[n+](CCS(=O)(=O)[O-])nc2)n1. The first kappa shape index (κ1) is 15.3. The number of anilines is 1. The first-order valence-corrected chi connectivity index (χ1v) is 7.73. The van der Waals surface area contributed by atoms with Crippen LogP contribution in [0.15, 0.2) is 30.7 Å². The quantitative estimate of drug-likeness (QED) is 0.538. The van der Waals surface area contributed by atoms with Crippen molar-refractivity contribution in [3.05, 3.63) is 30.7 Å². The second-order valence-corrected chi connectivity index (χ2v) is 6.10. The van der Waals surface area contributed by atoms with Gasteiger partial charge in [-0.05, 0) is 11.2 Å². The summed E-state index contributed by atoms with van der Waals surface area (Å²) >= 11 is 0. The van der Waals surface area contributed by atoms with Gasteiger partial charge in [-0.2, -0.15) is 0 Å². The number of hydrogen-bond acceptors (Lipinski definition) is 7. The van der Waals surface area contributed by atoms with Crippen LogP contribution in [0.25, 0.3) is 11.4 Å². The fraction of sp³-hybridized carbons (Fsp3) is 0.333. The number of hydrogen-bond donors (Lipinski definition) is 0. The van der Waals surface area contributed by atoms with E-state index < -0.39 is 15.9 Å². The van der Waals surface area contributed by atoms with Gasteiger partial charge in [-0.15, -0.1) is 0 Å². The molecule has 0 aliphatic heterocycles. The predicted octanol–water partition coefficient (Wildman–Crippen LogP) is -0.563. The van der Waals surface area contributed by atoms with E-state index in [2.05, 4.69) is 15.1 Å². The summed E-state index contributed by atoms with van der Waals surface area (Å²) in [6.07, 6.45) is 4.78. The third kappa shape index (κ3) is 4.43. The highest BCUT2D eigenvalue weighted by Crippen LogP contribution is 2.14. The molecule has 2 heterocycles. The van der Waals surface area contributed by atoms with Crippen LogP contribution in [-0.4, -0.2) is 47.9 Å². The maximum absolute atomic E-state index is 10.6. The lowest BCUT2D eigenvalue weighted by atomic mass is 10.3. The van der Waals surface area contributed by atoms with Gasteiger partial charge in [-0.25, -0.2) is 18.4 Å². The zero-order chi connectivity index (χ0) is 15.5. The lowest BCUT2D eigenvalue weighted by Crippen LogP contribution is -2.40. The summed E-state index contributed by atoms with van der Waals surface area (Å²) in [7, 11) is -0.478. The first-order valence-electron chi connectivity index (χ1n) is 6.15. The van der Waals surface area contributed by atoms with Crippen molar-refractivity contribution in [3.8, 4) is 11.4 Å². The van der Waals surface area contributed by atoms with Gasteiger partial charge in [-0.3, -0.25) is 0 Å². The van der Waals surface area contributed by atoms with Crippen LogP contribution in [0.5, 0.6) is 0 Å². The standard InChI is InChI=1S/C12H15N5O3S/c1-16(2)11-3-5-13-12(15-11)10-4-6-17(14-9-10)7-8-21(18,19)20/h3-6,9H,7-8H2,1-2H3. The Morgan fingerprint density at radius 3 is 2.67 bits per heavy atom. The van der Waals surface area contributed by atoms with Crippen LogP contribution in [0.1, 0.15) is 0 Å². The van der Waals surface area contributed by atoms with E-state index in [-0.39, 0.29) is 6.54 Å². The summed E-state index contributed by atoms with van der Waals surface area (Å²) in [6.45, 7) is 0.0186. The van der Waals surface area contributed by atoms with Gasteiger partial charge in [0.2, 0.25) is 0 Å². The highest BCUT2D eigenvalue weighted by Gasteiger charge is 2.09. The molecule has 0 aliphatic carbocycles. The normalized spacial score (nSPS) is 11.4. The van der Waals surface area contributed by atoms with Crippen LogP contribution in [0, 0.1) is 0 Å². The summed E-state index contributed by atoms with van der Waals surface area (Å²) in [6, 6.07) is 3.51. The van der Waals surface area contributed by atoms with E-state index in [1.54, 1.807) is 24.5 Å². The van der Waals surface area contributed by atoms with Gasteiger partial charge in [0.15, 0.2) is 18.6 Å². The highest BCUT2D eigenvalue weighted by atomic mass is 32.2. The fourth-order valence-electron chi connectivity index (χ4n) is 1.59. The fourth-order valence-corrected chi connectivity index (χ4v) is 2.00. The Balaban J connectivity index is 2.17. The van der Waals surface area contributed by atoms with Gasteiger partial charge in [0.05, 0.1) is 5.75 Å². The zero-order valence-corrected chi connectivity index (χ0v) is 12.5. The molecule has 21 heavy (non-hydrogen) atoms. The molecule has 0 unspecified atom stereocenters. The summed E-state index contributed by atoms with van der Waals surface area (Å²) < 4.78 is 33.1. The molecular weight excluding hydrogens is 294 g/mol. The molecule has 2 rings (SSSR count). The molecular formula is C12H15N5O3S. The average Bonchev–Trinajstić information content (AvgIpc) is 2.45. The van der Waals surface area contributed by atoms with E-state index in [4.69, 9.17) is 0 Å². The molecule has 0 saturated heterocycles. The minimum Gasteiger partial charge on any atom is -0.748 e. The Morgan fingerprint density at radius 2 is 2.10 bits per heavy atom. The highest BCUT2D eigenvalue weighted by molar-refractivity contribution is 7.85. The maximum Gasteiger partial charge on any atom is 0.197 e. The van der Waals surface area contributed by atoms with Crippen molar-refractivity contribution in [3.63, 3.8) is 0 Å². The molecule has 0 spiro atoms. The van der Waals surface area contributed by atoms with Crippen LogP contribution in [0.3, 0.4) is 0 Å². The second kappa shape index (κ2) is 6.10. The molecule has 9 heteroatoms. The molecule has 0 aromatic carbocycles.